The molecule has 2 heterocycles. The van der Waals surface area contributed by atoms with Crippen LogP contribution < -0.4 is 10.6 Å². The van der Waals surface area contributed by atoms with E-state index in [-0.39, 0.29) is 6.04 Å². The number of nitrogens with two attached hydrogens (primary N) is 1. The van der Waals surface area contributed by atoms with Crippen molar-refractivity contribution in [3.05, 3.63) is 5.01 Å². The molecular formula is C9H16N4S. The molecule has 4 nitrogen and oxygen atoms in total. The lowest BCUT2D eigenvalue weighted by Gasteiger charge is -2.25. The zero-order chi connectivity index (χ0) is 9.97. The molecule has 2 rings (SSSR count). The van der Waals surface area contributed by atoms with Gasteiger partial charge in [-0.1, -0.05) is 0 Å². The Bertz CT molecular complexity index is 291. The first-order valence-electron chi connectivity index (χ1n) is 5.11. The van der Waals surface area contributed by atoms with Crippen LogP contribution in [0.3, 0.4) is 0 Å². The summed E-state index contributed by atoms with van der Waals surface area (Å²) < 4.78 is 4.34. The predicted molar refractivity (Wildman–Crippen MR) is 58.6 cm³/mol. The average Bonchev–Trinajstić information content (AvgIpc) is 2.68. The Kier molecular flexibility index (Phi) is 2.98. The van der Waals surface area contributed by atoms with Crippen LogP contribution in [-0.2, 0) is 0 Å². The topological polar surface area (TPSA) is 55.0 Å². The smallest absolute Gasteiger partial charge is 0.237 e. The lowest BCUT2D eigenvalue weighted by atomic mass is 10.1. The van der Waals surface area contributed by atoms with Crippen LogP contribution in [-0.4, -0.2) is 22.4 Å². The minimum atomic E-state index is 0.00559. The molecule has 0 bridgehead atoms. The predicted octanol–water partition coefficient (Wildman–Crippen LogP) is 1.55. The van der Waals surface area contributed by atoms with Crippen molar-refractivity contribution in [1.29, 1.82) is 0 Å². The Balaban J connectivity index is 2.07. The van der Waals surface area contributed by atoms with Gasteiger partial charge >= 0.3 is 0 Å². The van der Waals surface area contributed by atoms with E-state index in [1.165, 1.54) is 30.8 Å². The molecule has 0 saturated carbocycles. The third kappa shape index (κ3) is 2.04. The fourth-order valence-electron chi connectivity index (χ4n) is 1.63. The van der Waals surface area contributed by atoms with E-state index < -0.39 is 0 Å². The van der Waals surface area contributed by atoms with Crippen LogP contribution in [0.1, 0.15) is 37.2 Å². The standard InChI is InChI=1S/C9H16N4S/c1-7(10)8-11-9(12-14-8)13-5-3-2-4-6-13/h7H,2-6,10H2,1H3. The van der Waals surface area contributed by atoms with Gasteiger partial charge in [0.25, 0.3) is 0 Å². The first-order valence-corrected chi connectivity index (χ1v) is 5.89. The summed E-state index contributed by atoms with van der Waals surface area (Å²) in [6.45, 7) is 4.13. The van der Waals surface area contributed by atoms with E-state index in [9.17, 15) is 0 Å². The number of aromatic nitrogens is 2. The Morgan fingerprint density at radius 3 is 2.64 bits per heavy atom. The zero-order valence-electron chi connectivity index (χ0n) is 8.44. The van der Waals surface area contributed by atoms with Crippen LogP contribution in [0.4, 0.5) is 5.95 Å². The molecule has 0 spiro atoms. The molecule has 78 valence electrons. The molecule has 1 fully saturated rings. The maximum atomic E-state index is 5.75. The highest BCUT2D eigenvalue weighted by Gasteiger charge is 2.16. The zero-order valence-corrected chi connectivity index (χ0v) is 9.26. The van der Waals surface area contributed by atoms with E-state index in [0.717, 1.165) is 24.0 Å². The summed E-state index contributed by atoms with van der Waals surface area (Å²) in [5.74, 6) is 0.877. The van der Waals surface area contributed by atoms with Crippen molar-refractivity contribution in [1.82, 2.24) is 9.36 Å². The normalized spacial score (nSPS) is 19.7. The second-order valence-electron chi connectivity index (χ2n) is 3.77. The van der Waals surface area contributed by atoms with E-state index in [0.29, 0.717) is 0 Å². The number of rotatable bonds is 2. The van der Waals surface area contributed by atoms with Crippen LogP contribution in [0.25, 0.3) is 0 Å². The van der Waals surface area contributed by atoms with Crippen molar-refractivity contribution < 1.29 is 0 Å². The number of anilines is 1. The lowest BCUT2D eigenvalue weighted by Crippen LogP contribution is -2.30. The van der Waals surface area contributed by atoms with Crippen molar-refractivity contribution in [3.63, 3.8) is 0 Å². The molecule has 1 aliphatic heterocycles. The van der Waals surface area contributed by atoms with Crippen molar-refractivity contribution in [2.24, 2.45) is 5.73 Å². The van der Waals surface area contributed by atoms with Crippen LogP contribution in [0, 0.1) is 0 Å². The second kappa shape index (κ2) is 4.23. The van der Waals surface area contributed by atoms with E-state index in [1.807, 2.05) is 6.92 Å². The molecule has 1 saturated heterocycles. The molecule has 14 heavy (non-hydrogen) atoms. The molecule has 1 aromatic heterocycles. The quantitative estimate of drug-likeness (QED) is 0.808. The van der Waals surface area contributed by atoms with E-state index in [2.05, 4.69) is 14.3 Å². The molecule has 1 aromatic rings. The van der Waals surface area contributed by atoms with Crippen molar-refractivity contribution in [2.45, 2.75) is 32.2 Å². The van der Waals surface area contributed by atoms with Gasteiger partial charge in [0.1, 0.15) is 5.01 Å². The van der Waals surface area contributed by atoms with Gasteiger partial charge in [-0.25, -0.2) is 4.98 Å². The number of hydrogen-bond acceptors (Lipinski definition) is 5. The fraction of sp³-hybridized carbons (Fsp3) is 0.778. The highest BCUT2D eigenvalue weighted by atomic mass is 32.1. The first-order chi connectivity index (χ1) is 6.77. The molecule has 1 unspecified atom stereocenters. The molecule has 0 amide bonds. The monoisotopic (exact) mass is 212 g/mol. The van der Waals surface area contributed by atoms with Gasteiger partial charge in [-0.05, 0) is 37.7 Å². The van der Waals surface area contributed by atoms with Crippen molar-refractivity contribution >= 4 is 17.5 Å². The second-order valence-corrected chi connectivity index (χ2v) is 4.55. The van der Waals surface area contributed by atoms with Crippen LogP contribution in [0.2, 0.25) is 0 Å². The van der Waals surface area contributed by atoms with Crippen LogP contribution in [0.5, 0.6) is 0 Å². The molecule has 1 atom stereocenters. The van der Waals surface area contributed by atoms with Gasteiger partial charge in [0, 0.05) is 13.1 Å². The first kappa shape index (κ1) is 9.86. The summed E-state index contributed by atoms with van der Waals surface area (Å²) in [5.41, 5.74) is 5.75. The van der Waals surface area contributed by atoms with Gasteiger partial charge in [0.05, 0.1) is 6.04 Å². The Morgan fingerprint density at radius 1 is 1.36 bits per heavy atom. The summed E-state index contributed by atoms with van der Waals surface area (Å²) >= 11 is 1.42. The summed E-state index contributed by atoms with van der Waals surface area (Å²) in [4.78, 5) is 6.70. The van der Waals surface area contributed by atoms with Crippen LogP contribution in [0.15, 0.2) is 0 Å². The van der Waals surface area contributed by atoms with Crippen molar-refractivity contribution in [2.75, 3.05) is 18.0 Å². The van der Waals surface area contributed by atoms with Crippen molar-refractivity contribution in [3.8, 4) is 0 Å². The Labute approximate surface area is 88.3 Å². The molecule has 0 aromatic carbocycles. The lowest BCUT2D eigenvalue weighted by molar-refractivity contribution is 0.569. The SMILES string of the molecule is CC(N)c1nc(N2CCCCC2)ns1. The molecule has 0 radical (unpaired) electrons. The summed E-state index contributed by atoms with van der Waals surface area (Å²) in [6.07, 6.45) is 3.85. The van der Waals surface area contributed by atoms with Gasteiger partial charge in [-0.15, -0.1) is 0 Å². The molecular weight excluding hydrogens is 196 g/mol. The third-order valence-electron chi connectivity index (χ3n) is 2.46. The van der Waals surface area contributed by atoms with E-state index in [1.54, 1.807) is 0 Å². The minimum absolute atomic E-state index is 0.00559. The summed E-state index contributed by atoms with van der Waals surface area (Å²) in [6, 6.07) is 0.00559. The average molecular weight is 212 g/mol. The summed E-state index contributed by atoms with van der Waals surface area (Å²) in [7, 11) is 0. The van der Waals surface area contributed by atoms with Gasteiger partial charge in [-0.3, -0.25) is 0 Å². The van der Waals surface area contributed by atoms with Gasteiger partial charge in [0.15, 0.2) is 0 Å². The highest BCUT2D eigenvalue weighted by Crippen LogP contribution is 2.20. The molecule has 5 heteroatoms. The van der Waals surface area contributed by atoms with Crippen LogP contribution >= 0.6 is 11.5 Å². The molecule has 2 N–H and O–H groups in total. The fourth-order valence-corrected chi connectivity index (χ4v) is 2.25. The maximum Gasteiger partial charge on any atom is 0.237 e. The summed E-state index contributed by atoms with van der Waals surface area (Å²) in [5, 5.41) is 0.936. The molecule has 0 aliphatic carbocycles. The number of piperidine rings is 1. The van der Waals surface area contributed by atoms with E-state index >= 15 is 0 Å². The third-order valence-corrected chi connectivity index (χ3v) is 3.36. The Morgan fingerprint density at radius 2 is 2.07 bits per heavy atom. The van der Waals surface area contributed by atoms with Gasteiger partial charge in [0.2, 0.25) is 5.95 Å². The van der Waals surface area contributed by atoms with Gasteiger partial charge in [-0.2, -0.15) is 4.37 Å². The largest absolute Gasteiger partial charge is 0.340 e. The number of nitrogens with zero attached hydrogens (tertiary/aromatic N) is 3. The minimum Gasteiger partial charge on any atom is -0.340 e. The van der Waals surface area contributed by atoms with E-state index in [4.69, 9.17) is 5.73 Å². The molecule has 1 aliphatic rings. The maximum absolute atomic E-state index is 5.75. The highest BCUT2D eigenvalue weighted by molar-refractivity contribution is 7.05. The number of hydrogen-bond donors (Lipinski definition) is 1. The van der Waals surface area contributed by atoms with Gasteiger partial charge < -0.3 is 10.6 Å². The Hall–Kier alpha value is -0.680.